The van der Waals surface area contributed by atoms with Gasteiger partial charge in [-0.15, -0.1) is 0 Å². The van der Waals surface area contributed by atoms with Crippen LogP contribution in [0.4, 0.5) is 0 Å². The van der Waals surface area contributed by atoms with Gasteiger partial charge < -0.3 is 14.7 Å². The summed E-state index contributed by atoms with van der Waals surface area (Å²) in [4.78, 5) is 31.4. The predicted octanol–water partition coefficient (Wildman–Crippen LogP) is 1.33. The largest absolute Gasteiger partial charge is 0.340 e. The quantitative estimate of drug-likeness (QED) is 0.790. The minimum absolute atomic E-state index is 0.0948. The van der Waals surface area contributed by atoms with E-state index in [1.54, 1.807) is 0 Å². The van der Waals surface area contributed by atoms with Crippen LogP contribution in [0.2, 0.25) is 0 Å². The van der Waals surface area contributed by atoms with E-state index in [-0.39, 0.29) is 17.7 Å². The summed E-state index contributed by atoms with van der Waals surface area (Å²) in [5.74, 6) is 0.322. The number of amides is 2. The molecule has 3 rings (SSSR count). The van der Waals surface area contributed by atoms with Crippen LogP contribution >= 0.6 is 0 Å². The van der Waals surface area contributed by atoms with Gasteiger partial charge in [0.05, 0.1) is 5.92 Å². The molecule has 5 heteroatoms. The molecule has 22 heavy (non-hydrogen) atoms. The van der Waals surface area contributed by atoms with E-state index in [2.05, 4.69) is 11.8 Å². The van der Waals surface area contributed by atoms with Gasteiger partial charge in [-0.2, -0.15) is 0 Å². The third kappa shape index (κ3) is 3.29. The molecule has 0 aromatic heterocycles. The minimum atomic E-state index is -0.0948. The molecule has 2 aliphatic heterocycles. The first-order chi connectivity index (χ1) is 10.7. The number of likely N-dealkylation sites (tertiary alicyclic amines) is 1. The van der Waals surface area contributed by atoms with Crippen molar-refractivity contribution in [2.75, 3.05) is 39.3 Å². The summed E-state index contributed by atoms with van der Waals surface area (Å²) < 4.78 is 0. The lowest BCUT2D eigenvalue weighted by molar-refractivity contribution is -0.137. The van der Waals surface area contributed by atoms with E-state index in [1.807, 2.05) is 9.80 Å². The van der Waals surface area contributed by atoms with Crippen molar-refractivity contribution in [3.8, 4) is 0 Å². The van der Waals surface area contributed by atoms with Gasteiger partial charge >= 0.3 is 0 Å². The van der Waals surface area contributed by atoms with E-state index in [0.29, 0.717) is 19.0 Å². The Morgan fingerprint density at radius 3 is 2.41 bits per heavy atom. The van der Waals surface area contributed by atoms with Crippen LogP contribution in [0, 0.1) is 5.92 Å². The predicted molar refractivity (Wildman–Crippen MR) is 85.4 cm³/mol. The first-order valence-corrected chi connectivity index (χ1v) is 8.99. The Morgan fingerprint density at radius 1 is 1.09 bits per heavy atom. The van der Waals surface area contributed by atoms with Gasteiger partial charge in [-0.25, -0.2) is 0 Å². The molecule has 0 spiro atoms. The van der Waals surface area contributed by atoms with E-state index < -0.39 is 0 Å². The summed E-state index contributed by atoms with van der Waals surface area (Å²) in [6.45, 7) is 7.46. The van der Waals surface area contributed by atoms with Crippen LogP contribution in [0.3, 0.4) is 0 Å². The van der Waals surface area contributed by atoms with Crippen molar-refractivity contribution in [3.63, 3.8) is 0 Å². The molecule has 0 aromatic rings. The molecule has 5 nitrogen and oxygen atoms in total. The number of carbonyl (C=O) groups excluding carboxylic acids is 2. The topological polar surface area (TPSA) is 43.9 Å². The Morgan fingerprint density at radius 2 is 1.77 bits per heavy atom. The van der Waals surface area contributed by atoms with Crippen molar-refractivity contribution in [1.29, 1.82) is 0 Å². The fourth-order valence-corrected chi connectivity index (χ4v) is 4.19. The lowest BCUT2D eigenvalue weighted by Gasteiger charge is -2.35. The standard InChI is InChI=1S/C17H29N3O2/c1-2-18-8-10-19(11-9-18)17(22)14-12-16(21)20(13-14)15-6-4-3-5-7-15/h14-15H,2-13H2,1H3. The van der Waals surface area contributed by atoms with Crippen LogP contribution in [0.15, 0.2) is 0 Å². The zero-order valence-corrected chi connectivity index (χ0v) is 13.8. The molecule has 2 saturated heterocycles. The number of nitrogens with zero attached hydrogens (tertiary/aromatic N) is 3. The molecule has 3 fully saturated rings. The summed E-state index contributed by atoms with van der Waals surface area (Å²) in [5, 5.41) is 0. The summed E-state index contributed by atoms with van der Waals surface area (Å²) in [6, 6.07) is 0.399. The van der Waals surface area contributed by atoms with E-state index in [1.165, 1.54) is 19.3 Å². The van der Waals surface area contributed by atoms with Gasteiger partial charge in [0.2, 0.25) is 11.8 Å². The summed E-state index contributed by atoms with van der Waals surface area (Å²) in [5.41, 5.74) is 0. The molecule has 1 saturated carbocycles. The van der Waals surface area contributed by atoms with E-state index in [4.69, 9.17) is 0 Å². The van der Waals surface area contributed by atoms with Gasteiger partial charge in [-0.1, -0.05) is 26.2 Å². The Bertz CT molecular complexity index is 412. The second-order valence-electron chi connectivity index (χ2n) is 7.00. The molecule has 0 bridgehead atoms. The Kier molecular flexibility index (Phi) is 5.01. The molecule has 1 aliphatic carbocycles. The van der Waals surface area contributed by atoms with Crippen LogP contribution in [0.1, 0.15) is 45.4 Å². The summed E-state index contributed by atoms with van der Waals surface area (Å²) in [6.07, 6.45) is 6.44. The normalized spacial score (nSPS) is 28.4. The second kappa shape index (κ2) is 6.99. The van der Waals surface area contributed by atoms with Crippen LogP contribution in [-0.2, 0) is 9.59 Å². The first kappa shape index (κ1) is 15.8. The average Bonchev–Trinajstić information content (AvgIpc) is 2.97. The molecule has 0 N–H and O–H groups in total. The highest BCUT2D eigenvalue weighted by Crippen LogP contribution is 2.29. The maximum Gasteiger partial charge on any atom is 0.228 e. The van der Waals surface area contributed by atoms with E-state index in [9.17, 15) is 9.59 Å². The number of likely N-dealkylation sites (N-methyl/N-ethyl adjacent to an activating group) is 1. The average molecular weight is 307 g/mol. The third-order valence-corrected chi connectivity index (χ3v) is 5.65. The van der Waals surface area contributed by atoms with Crippen LogP contribution in [-0.4, -0.2) is 71.8 Å². The Balaban J connectivity index is 1.54. The van der Waals surface area contributed by atoms with Gasteiger partial charge in [-0.3, -0.25) is 9.59 Å². The monoisotopic (exact) mass is 307 g/mol. The summed E-state index contributed by atoms with van der Waals surface area (Å²) in [7, 11) is 0. The van der Waals surface area contributed by atoms with Crippen molar-refractivity contribution < 1.29 is 9.59 Å². The zero-order chi connectivity index (χ0) is 15.5. The molecule has 2 heterocycles. The van der Waals surface area contributed by atoms with Crippen molar-refractivity contribution in [1.82, 2.24) is 14.7 Å². The number of carbonyl (C=O) groups is 2. The zero-order valence-electron chi connectivity index (χ0n) is 13.8. The Labute approximate surface area is 133 Å². The molecule has 124 valence electrons. The third-order valence-electron chi connectivity index (χ3n) is 5.65. The fraction of sp³-hybridized carbons (Fsp3) is 0.882. The first-order valence-electron chi connectivity index (χ1n) is 8.99. The summed E-state index contributed by atoms with van der Waals surface area (Å²) >= 11 is 0. The molecule has 2 amide bonds. The fourth-order valence-electron chi connectivity index (χ4n) is 4.19. The number of hydrogen-bond acceptors (Lipinski definition) is 3. The Hall–Kier alpha value is -1.10. The SMILES string of the molecule is CCN1CCN(C(=O)C2CC(=O)N(C3CCCCC3)C2)CC1. The van der Waals surface area contributed by atoms with Crippen molar-refractivity contribution >= 4 is 11.8 Å². The van der Waals surface area contributed by atoms with Crippen LogP contribution in [0.25, 0.3) is 0 Å². The molecule has 0 aromatic carbocycles. The lowest BCUT2D eigenvalue weighted by Crippen LogP contribution is -2.50. The van der Waals surface area contributed by atoms with E-state index in [0.717, 1.165) is 45.6 Å². The minimum Gasteiger partial charge on any atom is -0.340 e. The lowest BCUT2D eigenvalue weighted by atomic mass is 9.94. The van der Waals surface area contributed by atoms with E-state index >= 15 is 0 Å². The van der Waals surface area contributed by atoms with Gasteiger partial charge in [-0.05, 0) is 19.4 Å². The molecular weight excluding hydrogens is 278 g/mol. The highest BCUT2D eigenvalue weighted by atomic mass is 16.2. The van der Waals surface area contributed by atoms with Gasteiger partial charge in [0.1, 0.15) is 0 Å². The van der Waals surface area contributed by atoms with Crippen LogP contribution in [0.5, 0.6) is 0 Å². The highest BCUT2D eigenvalue weighted by molar-refractivity contribution is 5.89. The van der Waals surface area contributed by atoms with Gasteiger partial charge in [0, 0.05) is 45.2 Å². The van der Waals surface area contributed by atoms with Crippen molar-refractivity contribution in [2.24, 2.45) is 5.92 Å². The number of piperazine rings is 1. The molecule has 0 radical (unpaired) electrons. The number of rotatable bonds is 3. The smallest absolute Gasteiger partial charge is 0.228 e. The van der Waals surface area contributed by atoms with Crippen LogP contribution < -0.4 is 0 Å². The van der Waals surface area contributed by atoms with Crippen molar-refractivity contribution in [3.05, 3.63) is 0 Å². The molecular formula is C17H29N3O2. The van der Waals surface area contributed by atoms with Gasteiger partial charge in [0.15, 0.2) is 0 Å². The molecule has 1 unspecified atom stereocenters. The highest BCUT2D eigenvalue weighted by Gasteiger charge is 2.40. The van der Waals surface area contributed by atoms with Gasteiger partial charge in [0.25, 0.3) is 0 Å². The maximum absolute atomic E-state index is 12.7. The molecule has 1 atom stereocenters. The second-order valence-corrected chi connectivity index (χ2v) is 7.00. The molecule has 3 aliphatic rings. The van der Waals surface area contributed by atoms with Crippen molar-refractivity contribution in [2.45, 2.75) is 51.5 Å². The maximum atomic E-state index is 12.7. The number of hydrogen-bond donors (Lipinski definition) is 0.